The Morgan fingerprint density at radius 1 is 0.253 bits per heavy atom. The highest BCUT2D eigenvalue weighted by Gasteiger charge is 2.26. The lowest BCUT2D eigenvalue weighted by molar-refractivity contribution is 1.15. The lowest BCUT2D eigenvalue weighted by atomic mass is 9.92. The number of benzene rings is 11. The number of hydrogen-bond donors (Lipinski definition) is 0. The molecular weight excluding hydrogens is 911 g/mol. The van der Waals surface area contributed by atoms with E-state index in [4.69, 9.17) is 9.97 Å². The van der Waals surface area contributed by atoms with Gasteiger partial charge in [-0.1, -0.05) is 206 Å². The summed E-state index contributed by atoms with van der Waals surface area (Å²) in [6, 6.07) is 98.4. The minimum absolute atomic E-state index is 0.653. The molecule has 0 N–H and O–H groups in total. The first-order valence-electron chi connectivity index (χ1n) is 25.6. The van der Waals surface area contributed by atoms with Crippen LogP contribution < -0.4 is 0 Å². The highest BCUT2D eigenvalue weighted by Crippen LogP contribution is 2.47. The summed E-state index contributed by atoms with van der Waals surface area (Å²) >= 11 is 0. The number of rotatable bonds is 8. The molecule has 5 heteroatoms. The molecule has 4 heterocycles. The second-order valence-corrected chi connectivity index (χ2v) is 19.3. The fourth-order valence-corrected chi connectivity index (χ4v) is 11.8. The van der Waals surface area contributed by atoms with Crippen LogP contribution in [0.15, 0.2) is 273 Å². The molecule has 5 nitrogen and oxygen atoms in total. The first-order chi connectivity index (χ1) is 37.2. The van der Waals surface area contributed by atoms with Crippen LogP contribution in [0, 0.1) is 0 Å². The molecule has 4 aromatic heterocycles. The average molecular weight is 956 g/mol. The van der Waals surface area contributed by atoms with Crippen LogP contribution in [0.25, 0.3) is 139 Å². The predicted octanol–water partition coefficient (Wildman–Crippen LogP) is 18.1. The standard InChI is InChI=1S/C70H45N5/c1-5-22-46(23-6-1)57-42-50(70-71-59(48-26-9-3-10-27-48)45-60(72-70)49-28-11-4-12-29-49)43-58(47-24-7-2-8-25-47)69(57)75-66-39-21-38-65(74-63-36-19-15-32-54(63)55-33-16-20-37-64(55)74)68(66)56-41-40-51(44-67(56)75)73-61-34-17-13-30-52(61)53-31-14-18-35-62(53)73/h1-45H. The summed E-state index contributed by atoms with van der Waals surface area (Å²) in [4.78, 5) is 10.8. The van der Waals surface area contributed by atoms with Crippen LogP contribution >= 0.6 is 0 Å². The largest absolute Gasteiger partial charge is 0.309 e. The zero-order valence-electron chi connectivity index (χ0n) is 40.7. The summed E-state index contributed by atoms with van der Waals surface area (Å²) in [5.74, 6) is 0.653. The summed E-state index contributed by atoms with van der Waals surface area (Å²) in [6.07, 6.45) is 0. The third-order valence-corrected chi connectivity index (χ3v) is 15.0. The van der Waals surface area contributed by atoms with Gasteiger partial charge in [0.25, 0.3) is 0 Å². The topological polar surface area (TPSA) is 40.6 Å². The fourth-order valence-electron chi connectivity index (χ4n) is 11.8. The summed E-state index contributed by atoms with van der Waals surface area (Å²) in [5.41, 5.74) is 19.1. The molecule has 15 rings (SSSR count). The van der Waals surface area contributed by atoms with E-state index in [1.807, 2.05) is 12.1 Å². The highest BCUT2D eigenvalue weighted by molar-refractivity contribution is 6.18. The Hall–Kier alpha value is -10.1. The van der Waals surface area contributed by atoms with Gasteiger partial charge in [0.15, 0.2) is 5.82 Å². The van der Waals surface area contributed by atoms with Gasteiger partial charge in [-0.05, 0) is 77.9 Å². The van der Waals surface area contributed by atoms with Crippen LogP contribution in [0.3, 0.4) is 0 Å². The Morgan fingerprint density at radius 2 is 0.667 bits per heavy atom. The molecule has 0 saturated carbocycles. The minimum Gasteiger partial charge on any atom is -0.309 e. The van der Waals surface area contributed by atoms with Crippen molar-refractivity contribution in [2.45, 2.75) is 0 Å². The molecule has 0 radical (unpaired) electrons. The van der Waals surface area contributed by atoms with Crippen LogP contribution in [0.5, 0.6) is 0 Å². The maximum Gasteiger partial charge on any atom is 0.160 e. The van der Waals surface area contributed by atoms with E-state index >= 15 is 0 Å². The molecule has 0 unspecified atom stereocenters. The van der Waals surface area contributed by atoms with Gasteiger partial charge in [-0.15, -0.1) is 0 Å². The SMILES string of the molecule is c1ccc(-c2cc(-c3ccccc3)nc(-c3cc(-c4ccccc4)c(-n4c5cc(-n6c7ccccc7c7ccccc76)ccc5c5c(-n6c7ccccc7c7ccccc76)cccc54)c(-c4ccccc4)c3)n2)cc1. The molecule has 0 amide bonds. The first kappa shape index (κ1) is 42.6. The van der Waals surface area contributed by atoms with Crippen LogP contribution in [-0.2, 0) is 0 Å². The summed E-state index contributed by atoms with van der Waals surface area (Å²) < 4.78 is 7.45. The van der Waals surface area contributed by atoms with E-state index in [2.05, 4.69) is 275 Å². The molecule has 0 fully saturated rings. The van der Waals surface area contributed by atoms with Crippen molar-refractivity contribution in [3.05, 3.63) is 273 Å². The fraction of sp³-hybridized carbons (Fsp3) is 0. The van der Waals surface area contributed by atoms with Crippen molar-refractivity contribution in [1.82, 2.24) is 23.7 Å². The molecule has 0 saturated heterocycles. The molecule has 15 aromatic rings. The number of fused-ring (bicyclic) bond motifs is 9. The Bertz CT molecular complexity index is 4460. The monoisotopic (exact) mass is 955 g/mol. The Morgan fingerprint density at radius 3 is 1.15 bits per heavy atom. The van der Waals surface area contributed by atoms with Crippen LogP contribution in [0.1, 0.15) is 0 Å². The number of para-hydroxylation sites is 4. The normalized spacial score (nSPS) is 11.7. The third kappa shape index (κ3) is 6.86. The van der Waals surface area contributed by atoms with Crippen molar-refractivity contribution in [2.75, 3.05) is 0 Å². The zero-order valence-corrected chi connectivity index (χ0v) is 40.7. The molecule has 0 aliphatic heterocycles. The van der Waals surface area contributed by atoms with E-state index in [0.717, 1.165) is 83.8 Å². The predicted molar refractivity (Wildman–Crippen MR) is 312 cm³/mol. The third-order valence-electron chi connectivity index (χ3n) is 15.0. The maximum atomic E-state index is 5.42. The Kier molecular flexibility index (Phi) is 9.82. The van der Waals surface area contributed by atoms with E-state index in [-0.39, 0.29) is 0 Å². The summed E-state index contributed by atoms with van der Waals surface area (Å²) in [5, 5.41) is 7.23. The second-order valence-electron chi connectivity index (χ2n) is 19.3. The number of aromatic nitrogens is 5. The second kappa shape index (κ2) is 17.3. The summed E-state index contributed by atoms with van der Waals surface area (Å²) in [6.45, 7) is 0. The lowest BCUT2D eigenvalue weighted by Crippen LogP contribution is -2.04. The van der Waals surface area contributed by atoms with Crippen molar-refractivity contribution in [3.8, 4) is 73.2 Å². The van der Waals surface area contributed by atoms with Gasteiger partial charge in [-0.2, -0.15) is 0 Å². The molecule has 75 heavy (non-hydrogen) atoms. The number of hydrogen-bond acceptors (Lipinski definition) is 2. The first-order valence-corrected chi connectivity index (χ1v) is 25.6. The Labute approximate surface area is 433 Å². The summed E-state index contributed by atoms with van der Waals surface area (Å²) in [7, 11) is 0. The van der Waals surface area contributed by atoms with Crippen LogP contribution in [0.4, 0.5) is 0 Å². The van der Waals surface area contributed by atoms with Crippen LogP contribution in [0.2, 0.25) is 0 Å². The van der Waals surface area contributed by atoms with Gasteiger partial charge in [-0.25, -0.2) is 9.97 Å². The van der Waals surface area contributed by atoms with E-state index < -0.39 is 0 Å². The number of nitrogens with zero attached hydrogens (tertiary/aromatic N) is 5. The van der Waals surface area contributed by atoms with Crippen molar-refractivity contribution < 1.29 is 0 Å². The van der Waals surface area contributed by atoms with Gasteiger partial charge in [0.1, 0.15) is 0 Å². The van der Waals surface area contributed by atoms with E-state index in [0.29, 0.717) is 5.82 Å². The van der Waals surface area contributed by atoms with Crippen molar-refractivity contribution in [3.63, 3.8) is 0 Å². The van der Waals surface area contributed by atoms with E-state index in [1.165, 1.54) is 49.0 Å². The van der Waals surface area contributed by atoms with Gasteiger partial charge < -0.3 is 13.7 Å². The van der Waals surface area contributed by atoms with Crippen LogP contribution in [-0.4, -0.2) is 23.7 Å². The molecular formula is C70H45N5. The van der Waals surface area contributed by atoms with Gasteiger partial charge in [0, 0.05) is 65.8 Å². The molecule has 0 bridgehead atoms. The smallest absolute Gasteiger partial charge is 0.160 e. The van der Waals surface area contributed by atoms with Gasteiger partial charge >= 0.3 is 0 Å². The molecule has 0 atom stereocenters. The maximum absolute atomic E-state index is 5.42. The van der Waals surface area contributed by atoms with Gasteiger partial charge in [-0.3, -0.25) is 0 Å². The van der Waals surface area contributed by atoms with E-state index in [9.17, 15) is 0 Å². The minimum atomic E-state index is 0.653. The average Bonchev–Trinajstić information content (AvgIpc) is 4.21. The van der Waals surface area contributed by atoms with Gasteiger partial charge in [0.2, 0.25) is 0 Å². The molecule has 0 aliphatic rings. The molecule has 0 spiro atoms. The Balaban J connectivity index is 1.09. The van der Waals surface area contributed by atoms with Gasteiger partial charge in [0.05, 0.1) is 55.9 Å². The van der Waals surface area contributed by atoms with Crippen molar-refractivity contribution in [1.29, 1.82) is 0 Å². The molecule has 11 aromatic carbocycles. The van der Waals surface area contributed by atoms with Crippen molar-refractivity contribution in [2.24, 2.45) is 0 Å². The highest BCUT2D eigenvalue weighted by atomic mass is 15.0. The molecule has 350 valence electrons. The lowest BCUT2D eigenvalue weighted by Gasteiger charge is -2.21. The quantitative estimate of drug-likeness (QED) is 0.152. The van der Waals surface area contributed by atoms with Crippen molar-refractivity contribution >= 4 is 65.4 Å². The molecule has 0 aliphatic carbocycles. The zero-order chi connectivity index (χ0) is 49.4. The van der Waals surface area contributed by atoms with E-state index in [1.54, 1.807) is 0 Å².